The molecule has 1 fully saturated rings. The fourth-order valence-corrected chi connectivity index (χ4v) is 6.00. The van der Waals surface area contributed by atoms with E-state index >= 15 is 0 Å². The minimum Gasteiger partial charge on any atom is -0.382 e. The van der Waals surface area contributed by atoms with Gasteiger partial charge >= 0.3 is 0 Å². The van der Waals surface area contributed by atoms with E-state index < -0.39 is 0 Å². The smallest absolute Gasteiger partial charge is 0.179 e. The standard InChI is InChI=1S/C32H28N12/c33-30-29-32(35-18-34-30)44(19-36-29)24-12-14-43(15-13-24)17-20-6-8-22(9-7-20)28-27(21-4-2-1-3-5-21)37-25-11-10-23(16-26(25)38-28)31-39-41-42-40-31/h1-11,16,18-19,24H,12-15,17H2,(H2,33,34,35)(H,39,40,41,42). The van der Waals surface area contributed by atoms with Gasteiger partial charge in [-0.05, 0) is 47.0 Å². The molecule has 0 aliphatic carbocycles. The largest absolute Gasteiger partial charge is 0.382 e. The van der Waals surface area contributed by atoms with E-state index in [1.807, 2.05) is 42.7 Å². The summed E-state index contributed by atoms with van der Waals surface area (Å²) in [5.41, 5.74) is 14.9. The van der Waals surface area contributed by atoms with Crippen molar-refractivity contribution in [1.29, 1.82) is 0 Å². The van der Waals surface area contributed by atoms with Crippen LogP contribution in [0.25, 0.3) is 56.1 Å². The van der Waals surface area contributed by atoms with Gasteiger partial charge in [0.05, 0.1) is 28.7 Å². The number of aromatic amines is 1. The third-order valence-corrected chi connectivity index (χ3v) is 8.30. The second kappa shape index (κ2) is 10.9. The number of nitrogens with two attached hydrogens (primary N) is 1. The summed E-state index contributed by atoms with van der Waals surface area (Å²) in [7, 11) is 0. The van der Waals surface area contributed by atoms with Crippen molar-refractivity contribution in [2.45, 2.75) is 25.4 Å². The number of benzene rings is 3. The van der Waals surface area contributed by atoms with Gasteiger partial charge < -0.3 is 10.3 Å². The number of nitrogen functional groups attached to an aromatic ring is 1. The summed E-state index contributed by atoms with van der Waals surface area (Å²) < 4.78 is 2.15. The zero-order valence-electron chi connectivity index (χ0n) is 23.7. The Morgan fingerprint density at radius 2 is 1.55 bits per heavy atom. The van der Waals surface area contributed by atoms with Crippen LogP contribution >= 0.6 is 0 Å². The number of tetrazole rings is 1. The number of likely N-dealkylation sites (tertiary alicyclic amines) is 1. The van der Waals surface area contributed by atoms with Crippen molar-refractivity contribution in [3.8, 4) is 33.9 Å². The molecule has 1 aliphatic rings. The van der Waals surface area contributed by atoms with E-state index in [-0.39, 0.29) is 0 Å². The first-order valence-electron chi connectivity index (χ1n) is 14.6. The molecule has 0 atom stereocenters. The third kappa shape index (κ3) is 4.80. The highest BCUT2D eigenvalue weighted by atomic mass is 15.5. The van der Waals surface area contributed by atoms with E-state index in [4.69, 9.17) is 15.7 Å². The number of rotatable bonds is 6. The van der Waals surface area contributed by atoms with Crippen LogP contribution in [0.15, 0.2) is 85.5 Å². The Kier molecular flexibility index (Phi) is 6.45. The van der Waals surface area contributed by atoms with Crippen LogP contribution in [-0.4, -0.2) is 68.1 Å². The Labute approximate surface area is 252 Å². The Bertz CT molecular complexity index is 2060. The van der Waals surface area contributed by atoms with Crippen molar-refractivity contribution < 1.29 is 0 Å². The van der Waals surface area contributed by atoms with Gasteiger partial charge in [0.1, 0.15) is 11.8 Å². The molecular weight excluding hydrogens is 552 g/mol. The van der Waals surface area contributed by atoms with E-state index in [0.717, 1.165) is 77.2 Å². The third-order valence-electron chi connectivity index (χ3n) is 8.30. The number of piperidine rings is 1. The molecule has 5 heterocycles. The number of nitrogens with one attached hydrogen (secondary N) is 1. The lowest BCUT2D eigenvalue weighted by Crippen LogP contribution is -2.34. The maximum absolute atomic E-state index is 5.99. The molecule has 0 radical (unpaired) electrons. The maximum atomic E-state index is 5.99. The minimum atomic E-state index is 0.344. The van der Waals surface area contributed by atoms with Crippen LogP contribution in [0.4, 0.5) is 5.82 Å². The van der Waals surface area contributed by atoms with Gasteiger partial charge in [0.2, 0.25) is 0 Å². The molecular formula is C32H28N12. The summed E-state index contributed by atoms with van der Waals surface area (Å²) in [4.78, 5) is 25.6. The van der Waals surface area contributed by atoms with Gasteiger partial charge in [0.15, 0.2) is 17.3 Å². The molecule has 1 saturated heterocycles. The fraction of sp³-hybridized carbons (Fsp3) is 0.188. The lowest BCUT2D eigenvalue weighted by Gasteiger charge is -2.32. The van der Waals surface area contributed by atoms with Gasteiger partial charge in [-0.2, -0.15) is 0 Å². The van der Waals surface area contributed by atoms with Crippen molar-refractivity contribution in [3.05, 3.63) is 91.0 Å². The van der Waals surface area contributed by atoms with E-state index in [2.05, 4.69) is 81.4 Å². The summed E-state index contributed by atoms with van der Waals surface area (Å²) in [5.74, 6) is 1.02. The molecule has 0 amide bonds. The molecule has 216 valence electrons. The van der Waals surface area contributed by atoms with E-state index in [0.29, 0.717) is 23.2 Å². The Morgan fingerprint density at radius 1 is 0.795 bits per heavy atom. The molecule has 44 heavy (non-hydrogen) atoms. The number of hydrogen-bond acceptors (Lipinski definition) is 10. The predicted octanol–water partition coefficient (Wildman–Crippen LogP) is 4.70. The first-order valence-corrected chi connectivity index (χ1v) is 14.6. The molecule has 0 spiro atoms. The molecule has 0 saturated carbocycles. The number of nitrogens with zero attached hydrogens (tertiary/aromatic N) is 10. The number of anilines is 1. The normalized spacial score (nSPS) is 14.5. The molecule has 3 aromatic carbocycles. The van der Waals surface area contributed by atoms with Crippen molar-refractivity contribution in [2.75, 3.05) is 18.8 Å². The molecule has 1 aliphatic heterocycles. The number of imidazole rings is 1. The maximum Gasteiger partial charge on any atom is 0.179 e. The average Bonchev–Trinajstić information content (AvgIpc) is 3.77. The van der Waals surface area contributed by atoms with Crippen LogP contribution in [0.1, 0.15) is 24.4 Å². The molecule has 7 aromatic rings. The highest BCUT2D eigenvalue weighted by molar-refractivity contribution is 5.88. The van der Waals surface area contributed by atoms with Crippen LogP contribution in [0.5, 0.6) is 0 Å². The lowest BCUT2D eigenvalue weighted by molar-refractivity contribution is 0.181. The van der Waals surface area contributed by atoms with Crippen LogP contribution < -0.4 is 5.73 Å². The number of H-pyrrole nitrogens is 1. The van der Waals surface area contributed by atoms with Gasteiger partial charge in [0.25, 0.3) is 0 Å². The van der Waals surface area contributed by atoms with Gasteiger partial charge in [-0.25, -0.2) is 30.0 Å². The topological polar surface area (TPSA) is 153 Å². The molecule has 0 unspecified atom stereocenters. The summed E-state index contributed by atoms with van der Waals surface area (Å²) in [6, 6.07) is 25.1. The van der Waals surface area contributed by atoms with Crippen LogP contribution in [0, 0.1) is 0 Å². The summed E-state index contributed by atoms with van der Waals surface area (Å²) in [6.45, 7) is 2.87. The van der Waals surface area contributed by atoms with Crippen LogP contribution in [0.3, 0.4) is 0 Å². The molecule has 12 heteroatoms. The average molecular weight is 581 g/mol. The molecule has 4 aromatic heterocycles. The highest BCUT2D eigenvalue weighted by Gasteiger charge is 2.23. The first kappa shape index (κ1) is 26.0. The van der Waals surface area contributed by atoms with Crippen molar-refractivity contribution in [2.24, 2.45) is 0 Å². The molecule has 3 N–H and O–H groups in total. The lowest BCUT2D eigenvalue weighted by atomic mass is 10.0. The van der Waals surface area contributed by atoms with E-state index in [9.17, 15) is 0 Å². The summed E-state index contributed by atoms with van der Waals surface area (Å²) >= 11 is 0. The van der Waals surface area contributed by atoms with Crippen LogP contribution in [0.2, 0.25) is 0 Å². The van der Waals surface area contributed by atoms with E-state index in [1.165, 1.54) is 11.9 Å². The summed E-state index contributed by atoms with van der Waals surface area (Å²) in [5, 5.41) is 14.3. The van der Waals surface area contributed by atoms with Gasteiger partial charge in [0, 0.05) is 42.4 Å². The Balaban J connectivity index is 1.04. The zero-order valence-corrected chi connectivity index (χ0v) is 23.7. The molecule has 12 nitrogen and oxygen atoms in total. The first-order chi connectivity index (χ1) is 21.7. The molecule has 8 rings (SSSR count). The number of hydrogen-bond donors (Lipinski definition) is 2. The van der Waals surface area contributed by atoms with Gasteiger partial charge in [-0.15, -0.1) is 5.10 Å². The van der Waals surface area contributed by atoms with Crippen molar-refractivity contribution in [1.82, 2.24) is 55.0 Å². The second-order valence-corrected chi connectivity index (χ2v) is 11.0. The minimum absolute atomic E-state index is 0.344. The number of aromatic nitrogens is 10. The number of fused-ring (bicyclic) bond motifs is 2. The van der Waals surface area contributed by atoms with Crippen molar-refractivity contribution >= 4 is 28.0 Å². The fourth-order valence-electron chi connectivity index (χ4n) is 6.00. The summed E-state index contributed by atoms with van der Waals surface area (Å²) in [6.07, 6.45) is 5.40. The predicted molar refractivity (Wildman–Crippen MR) is 167 cm³/mol. The Morgan fingerprint density at radius 3 is 2.32 bits per heavy atom. The SMILES string of the molecule is Nc1ncnc2c1ncn2C1CCN(Cc2ccc(-c3nc4cc(-c5nnn[nH]5)ccc4nc3-c3ccccc3)cc2)CC1. The van der Waals surface area contributed by atoms with Crippen LogP contribution in [-0.2, 0) is 6.54 Å². The van der Waals surface area contributed by atoms with Gasteiger partial charge in [-0.1, -0.05) is 54.6 Å². The highest BCUT2D eigenvalue weighted by Crippen LogP contribution is 2.33. The zero-order chi connectivity index (χ0) is 29.5. The molecule has 0 bridgehead atoms. The van der Waals surface area contributed by atoms with E-state index in [1.54, 1.807) is 0 Å². The quantitative estimate of drug-likeness (QED) is 0.283. The Hall–Kier alpha value is -5.62. The van der Waals surface area contributed by atoms with Crippen molar-refractivity contribution in [3.63, 3.8) is 0 Å². The second-order valence-electron chi connectivity index (χ2n) is 11.0. The van der Waals surface area contributed by atoms with Gasteiger partial charge in [-0.3, -0.25) is 4.90 Å². The monoisotopic (exact) mass is 580 g/mol.